The molecule has 5 heteroatoms. The van der Waals surface area contributed by atoms with Crippen LogP contribution in [0.15, 0.2) is 42.5 Å². The molecule has 1 aromatic heterocycles. The number of hydrogen-bond donors (Lipinski definition) is 2. The number of aromatic nitrogens is 1. The van der Waals surface area contributed by atoms with Crippen LogP contribution in [0, 0.1) is 0 Å². The molecule has 0 saturated heterocycles. The number of aromatic carboxylic acids is 1. The van der Waals surface area contributed by atoms with Crippen molar-refractivity contribution in [3.63, 3.8) is 0 Å². The molecule has 0 atom stereocenters. The Hall–Kier alpha value is -2.95. The van der Waals surface area contributed by atoms with E-state index < -0.39 is 11.9 Å². The molecule has 0 saturated carbocycles. The first-order chi connectivity index (χ1) is 10.6. The molecule has 0 aliphatic carbocycles. The first kappa shape index (κ1) is 14.0. The highest BCUT2D eigenvalue weighted by atomic mass is 16.4. The largest absolute Gasteiger partial charge is 0.481 e. The van der Waals surface area contributed by atoms with Gasteiger partial charge in [0.05, 0.1) is 16.6 Å². The number of nitrogens with zero attached hydrogens (tertiary/aromatic N) is 1. The minimum absolute atomic E-state index is 0.0506. The topological polar surface area (TPSA) is 87.5 Å². The summed E-state index contributed by atoms with van der Waals surface area (Å²) in [6, 6.07) is 12.3. The van der Waals surface area contributed by atoms with E-state index in [2.05, 4.69) is 4.98 Å². The second-order valence-corrected chi connectivity index (χ2v) is 5.01. The van der Waals surface area contributed by atoms with E-state index in [-0.39, 0.29) is 18.4 Å². The van der Waals surface area contributed by atoms with Gasteiger partial charge in [0.1, 0.15) is 0 Å². The molecule has 5 nitrogen and oxygen atoms in total. The summed E-state index contributed by atoms with van der Waals surface area (Å²) in [7, 11) is 0. The summed E-state index contributed by atoms with van der Waals surface area (Å²) in [5.41, 5.74) is 2.05. The van der Waals surface area contributed by atoms with Gasteiger partial charge in [0.15, 0.2) is 0 Å². The lowest BCUT2D eigenvalue weighted by Crippen LogP contribution is -2.04. The van der Waals surface area contributed by atoms with E-state index in [1.165, 1.54) is 0 Å². The molecule has 1 heterocycles. The highest BCUT2D eigenvalue weighted by Crippen LogP contribution is 2.29. The first-order valence-electron chi connectivity index (χ1n) is 6.83. The van der Waals surface area contributed by atoms with Crippen LogP contribution in [0.4, 0.5) is 0 Å². The zero-order valence-electron chi connectivity index (χ0n) is 11.6. The number of aliphatic carboxylic acids is 1. The number of carbonyl (C=O) groups is 2. The Morgan fingerprint density at radius 3 is 2.41 bits per heavy atom. The number of rotatable bonds is 4. The monoisotopic (exact) mass is 295 g/mol. The smallest absolute Gasteiger partial charge is 0.337 e. The first-order valence-corrected chi connectivity index (χ1v) is 6.83. The Morgan fingerprint density at radius 1 is 0.955 bits per heavy atom. The molecule has 2 aromatic carbocycles. The van der Waals surface area contributed by atoms with E-state index in [0.29, 0.717) is 27.4 Å². The fraction of sp³-hybridized carbons (Fsp3) is 0.118. The summed E-state index contributed by atoms with van der Waals surface area (Å²) in [6.45, 7) is 0. The second-order valence-electron chi connectivity index (χ2n) is 5.01. The number of benzene rings is 2. The molecular weight excluding hydrogens is 282 g/mol. The van der Waals surface area contributed by atoms with Gasteiger partial charge < -0.3 is 10.2 Å². The maximum atomic E-state index is 11.8. The third kappa shape index (κ3) is 2.37. The van der Waals surface area contributed by atoms with Gasteiger partial charge in [-0.05, 0) is 24.1 Å². The van der Waals surface area contributed by atoms with Crippen molar-refractivity contribution in [1.82, 2.24) is 4.98 Å². The average Bonchev–Trinajstić information content (AvgIpc) is 2.50. The number of hydrogen-bond acceptors (Lipinski definition) is 3. The van der Waals surface area contributed by atoms with Crippen LogP contribution in [0.3, 0.4) is 0 Å². The Balaban J connectivity index is 2.37. The molecule has 0 spiro atoms. The number of carboxylic acids is 2. The van der Waals surface area contributed by atoms with Crippen LogP contribution >= 0.6 is 0 Å². The summed E-state index contributed by atoms with van der Waals surface area (Å²) < 4.78 is 0. The summed E-state index contributed by atoms with van der Waals surface area (Å²) in [6.07, 6.45) is 0.220. The van der Waals surface area contributed by atoms with E-state index in [9.17, 15) is 14.7 Å². The molecule has 0 aliphatic rings. The van der Waals surface area contributed by atoms with Crippen molar-refractivity contribution in [2.75, 3.05) is 0 Å². The van der Waals surface area contributed by atoms with Gasteiger partial charge in [-0.15, -0.1) is 0 Å². The molecular formula is C17H13NO4. The lowest BCUT2D eigenvalue weighted by atomic mass is 9.96. The third-order valence-electron chi connectivity index (χ3n) is 3.62. The van der Waals surface area contributed by atoms with Crippen LogP contribution in [0.1, 0.15) is 22.3 Å². The Kier molecular flexibility index (Phi) is 3.47. The van der Waals surface area contributed by atoms with Crippen molar-refractivity contribution in [3.05, 3.63) is 53.6 Å². The van der Waals surface area contributed by atoms with Gasteiger partial charge in [0, 0.05) is 17.2 Å². The van der Waals surface area contributed by atoms with Gasteiger partial charge in [0.25, 0.3) is 0 Å². The Morgan fingerprint density at radius 2 is 1.68 bits per heavy atom. The SMILES string of the molecule is O=C(O)CCc1cccc2nc3ccccc3c(C(=O)O)c12. The predicted molar refractivity (Wildman–Crippen MR) is 82.2 cm³/mol. The van der Waals surface area contributed by atoms with Gasteiger partial charge in [-0.3, -0.25) is 4.79 Å². The van der Waals surface area contributed by atoms with Crippen molar-refractivity contribution >= 4 is 33.7 Å². The fourth-order valence-electron chi connectivity index (χ4n) is 2.69. The highest BCUT2D eigenvalue weighted by molar-refractivity contribution is 6.14. The molecule has 0 radical (unpaired) electrons. The van der Waals surface area contributed by atoms with Crippen LogP contribution in [-0.4, -0.2) is 27.1 Å². The zero-order chi connectivity index (χ0) is 15.7. The van der Waals surface area contributed by atoms with Crippen molar-refractivity contribution in [1.29, 1.82) is 0 Å². The number of para-hydroxylation sites is 1. The minimum atomic E-state index is -1.04. The Labute approximate surface area is 125 Å². The molecule has 0 aliphatic heterocycles. The maximum absolute atomic E-state index is 11.8. The van der Waals surface area contributed by atoms with Crippen LogP contribution in [0.2, 0.25) is 0 Å². The summed E-state index contributed by atoms with van der Waals surface area (Å²) in [4.78, 5) is 27.1. The Bertz CT molecular complexity index is 902. The third-order valence-corrected chi connectivity index (χ3v) is 3.62. The predicted octanol–water partition coefficient (Wildman–Crippen LogP) is 3.10. The molecule has 0 fully saturated rings. The lowest BCUT2D eigenvalue weighted by Gasteiger charge is -2.11. The van der Waals surface area contributed by atoms with Gasteiger partial charge in [0.2, 0.25) is 0 Å². The average molecular weight is 295 g/mol. The van der Waals surface area contributed by atoms with Gasteiger partial charge in [-0.25, -0.2) is 9.78 Å². The van der Waals surface area contributed by atoms with Crippen molar-refractivity contribution in [3.8, 4) is 0 Å². The van der Waals surface area contributed by atoms with E-state index in [1.54, 1.807) is 42.5 Å². The second kappa shape index (κ2) is 5.44. The molecule has 0 unspecified atom stereocenters. The quantitative estimate of drug-likeness (QED) is 0.722. The van der Waals surface area contributed by atoms with Crippen LogP contribution in [0.25, 0.3) is 21.8 Å². The lowest BCUT2D eigenvalue weighted by molar-refractivity contribution is -0.136. The van der Waals surface area contributed by atoms with E-state index >= 15 is 0 Å². The van der Waals surface area contributed by atoms with Crippen molar-refractivity contribution in [2.45, 2.75) is 12.8 Å². The minimum Gasteiger partial charge on any atom is -0.481 e. The van der Waals surface area contributed by atoms with Gasteiger partial charge >= 0.3 is 11.9 Å². The highest BCUT2D eigenvalue weighted by Gasteiger charge is 2.17. The molecule has 22 heavy (non-hydrogen) atoms. The molecule has 2 N–H and O–H groups in total. The molecule has 0 amide bonds. The summed E-state index contributed by atoms with van der Waals surface area (Å²) in [5.74, 6) is -1.95. The molecule has 3 aromatic rings. The van der Waals surface area contributed by atoms with Crippen molar-refractivity contribution < 1.29 is 19.8 Å². The molecule has 3 rings (SSSR count). The van der Waals surface area contributed by atoms with Crippen LogP contribution < -0.4 is 0 Å². The van der Waals surface area contributed by atoms with Gasteiger partial charge in [-0.1, -0.05) is 30.3 Å². The summed E-state index contributed by atoms with van der Waals surface area (Å²) >= 11 is 0. The van der Waals surface area contributed by atoms with Crippen molar-refractivity contribution in [2.24, 2.45) is 0 Å². The van der Waals surface area contributed by atoms with Gasteiger partial charge in [-0.2, -0.15) is 0 Å². The molecule has 110 valence electrons. The standard InChI is InChI=1S/C17H13NO4/c19-14(20)9-8-10-4-3-7-13-15(10)16(17(21)22)11-5-1-2-6-12(11)18-13/h1-7H,8-9H2,(H,19,20)(H,21,22). The molecule has 0 bridgehead atoms. The fourth-order valence-corrected chi connectivity index (χ4v) is 2.69. The normalized spacial score (nSPS) is 10.9. The van der Waals surface area contributed by atoms with Crippen LogP contribution in [0.5, 0.6) is 0 Å². The number of pyridine rings is 1. The maximum Gasteiger partial charge on any atom is 0.337 e. The summed E-state index contributed by atoms with van der Waals surface area (Å²) in [5, 5.41) is 19.6. The number of carboxylic acid groups (broad SMARTS) is 2. The number of aryl methyl sites for hydroxylation is 1. The van der Waals surface area contributed by atoms with Crippen LogP contribution in [-0.2, 0) is 11.2 Å². The van der Waals surface area contributed by atoms with E-state index in [1.807, 2.05) is 0 Å². The zero-order valence-corrected chi connectivity index (χ0v) is 11.6. The van der Waals surface area contributed by atoms with E-state index in [4.69, 9.17) is 5.11 Å². The number of fused-ring (bicyclic) bond motifs is 2. The van der Waals surface area contributed by atoms with E-state index in [0.717, 1.165) is 0 Å².